The molecule has 3 rings (SSSR count). The highest BCUT2D eigenvalue weighted by Crippen LogP contribution is 2.27. The van der Waals surface area contributed by atoms with Gasteiger partial charge in [-0.05, 0) is 11.4 Å². The summed E-state index contributed by atoms with van der Waals surface area (Å²) in [6, 6.07) is 5.91. The third kappa shape index (κ3) is 5.71. The minimum atomic E-state index is -4.85. The molecule has 1 N–H and O–H groups in total. The van der Waals surface area contributed by atoms with E-state index in [-0.39, 0.29) is 6.42 Å². The van der Waals surface area contributed by atoms with Gasteiger partial charge in [0, 0.05) is 23.1 Å². The Bertz CT molecular complexity index is 958. The van der Waals surface area contributed by atoms with Crippen molar-refractivity contribution >= 4 is 33.5 Å². The van der Waals surface area contributed by atoms with Crippen LogP contribution in [0.25, 0.3) is 21.5 Å². The van der Waals surface area contributed by atoms with Gasteiger partial charge in [0.25, 0.3) is 0 Å². The number of ether oxygens (including phenoxy) is 1. The molecule has 0 fully saturated rings. The van der Waals surface area contributed by atoms with Crippen LogP contribution in [-0.2, 0) is 20.9 Å². The minimum Gasteiger partial charge on any atom is -0.481 e. The number of aliphatic carboxylic acids is 1. The number of fused-ring (bicyclic) bond motifs is 1. The number of hydrogen-bond acceptors (Lipinski definition) is 6. The highest BCUT2D eigenvalue weighted by atomic mass is 32.1. The van der Waals surface area contributed by atoms with E-state index in [1.54, 1.807) is 17.7 Å². The molecular weight excluding hydrogens is 399 g/mol. The number of rotatable bonds is 4. The number of methoxy groups -OCH3 is 1. The lowest BCUT2D eigenvalue weighted by atomic mass is 10.1. The van der Waals surface area contributed by atoms with E-state index in [1.807, 2.05) is 40.5 Å². The van der Waals surface area contributed by atoms with E-state index in [0.29, 0.717) is 13.7 Å². The van der Waals surface area contributed by atoms with Crippen LogP contribution in [0.5, 0.6) is 0 Å². The molecule has 0 spiro atoms. The second-order valence-corrected chi connectivity index (χ2v) is 6.21. The molecule has 0 aromatic carbocycles. The first kappa shape index (κ1) is 21.2. The van der Waals surface area contributed by atoms with Crippen LogP contribution in [0.15, 0.2) is 42.3 Å². The fourth-order valence-corrected chi connectivity index (χ4v) is 2.86. The molecule has 11 heteroatoms. The summed E-state index contributed by atoms with van der Waals surface area (Å²) in [6.07, 6.45) is 0.581. The zero-order valence-electron chi connectivity index (χ0n) is 14.5. The Morgan fingerprint density at radius 1 is 1.21 bits per heavy atom. The SMILES string of the molecule is COC(=O)C(F)(F)F.O=C(O)CC[n+]1ccc(-c2ncnc3sccc23)cc1. The summed E-state index contributed by atoms with van der Waals surface area (Å²) in [5.41, 5.74) is 1.91. The summed E-state index contributed by atoms with van der Waals surface area (Å²) in [7, 11) is 0.676. The largest absolute Gasteiger partial charge is 0.490 e. The fraction of sp³-hybridized carbons (Fsp3) is 0.235. The smallest absolute Gasteiger partial charge is 0.481 e. The number of pyridine rings is 1. The van der Waals surface area contributed by atoms with Crippen molar-refractivity contribution in [3.8, 4) is 11.3 Å². The van der Waals surface area contributed by atoms with E-state index in [9.17, 15) is 22.8 Å². The molecular formula is C17H15F3N3O4S+. The van der Waals surface area contributed by atoms with Gasteiger partial charge in [-0.3, -0.25) is 4.79 Å². The molecule has 0 radical (unpaired) electrons. The van der Waals surface area contributed by atoms with Crippen molar-refractivity contribution in [2.45, 2.75) is 19.1 Å². The number of carbonyl (C=O) groups excluding carboxylic acids is 1. The predicted molar refractivity (Wildman–Crippen MR) is 93.4 cm³/mol. The number of nitrogens with zero attached hydrogens (tertiary/aromatic N) is 3. The molecule has 3 heterocycles. The molecule has 3 aromatic heterocycles. The summed E-state index contributed by atoms with van der Waals surface area (Å²) >= 11 is 1.59. The Kier molecular flexibility index (Phi) is 6.99. The second kappa shape index (κ2) is 9.22. The van der Waals surface area contributed by atoms with Crippen molar-refractivity contribution in [1.82, 2.24) is 9.97 Å². The number of thiophene rings is 1. The number of hydrogen-bond donors (Lipinski definition) is 1. The lowest BCUT2D eigenvalue weighted by Crippen LogP contribution is -2.33. The number of carboxylic acids is 1. The molecule has 0 aliphatic rings. The molecule has 0 aliphatic heterocycles. The molecule has 0 atom stereocenters. The monoisotopic (exact) mass is 414 g/mol. The number of halogens is 3. The van der Waals surface area contributed by atoms with E-state index in [1.165, 1.54) is 0 Å². The van der Waals surface area contributed by atoms with Crippen molar-refractivity contribution in [3.63, 3.8) is 0 Å². The van der Waals surface area contributed by atoms with Crippen LogP contribution < -0.4 is 4.57 Å². The van der Waals surface area contributed by atoms with Crippen molar-refractivity contribution in [1.29, 1.82) is 0 Å². The zero-order valence-corrected chi connectivity index (χ0v) is 15.3. The van der Waals surface area contributed by atoms with Crippen molar-refractivity contribution in [2.75, 3.05) is 7.11 Å². The lowest BCUT2D eigenvalue weighted by Gasteiger charge is -2.01. The number of aromatic nitrogens is 3. The maximum atomic E-state index is 11.0. The number of aryl methyl sites for hydroxylation is 1. The molecule has 28 heavy (non-hydrogen) atoms. The standard InChI is InChI=1S/C14H11N3O2S.C3H3F3O2/c18-12(19)3-7-17-5-1-10(2-6-17)13-11-4-8-20-14(11)16-9-15-13;1-8-2(7)3(4,5)6/h1-2,4-6,8-9H,3,7H2;1H3/p+1. The molecule has 0 unspecified atom stereocenters. The van der Waals surface area contributed by atoms with Crippen molar-refractivity contribution in [2.24, 2.45) is 0 Å². The van der Waals surface area contributed by atoms with Crippen LogP contribution in [0.2, 0.25) is 0 Å². The second-order valence-electron chi connectivity index (χ2n) is 5.32. The predicted octanol–water partition coefficient (Wildman–Crippen LogP) is 2.84. The summed E-state index contributed by atoms with van der Waals surface area (Å²) in [4.78, 5) is 29.6. The van der Waals surface area contributed by atoms with Crippen LogP contribution in [0.1, 0.15) is 6.42 Å². The first-order valence-corrected chi connectivity index (χ1v) is 8.65. The maximum Gasteiger partial charge on any atom is 0.490 e. The van der Waals surface area contributed by atoms with Gasteiger partial charge in [0.1, 0.15) is 17.6 Å². The van der Waals surface area contributed by atoms with Crippen molar-refractivity contribution in [3.05, 3.63) is 42.3 Å². The summed E-state index contributed by atoms with van der Waals surface area (Å²) < 4.78 is 38.1. The van der Waals surface area contributed by atoms with Crippen LogP contribution in [-0.4, -0.2) is 40.3 Å². The van der Waals surface area contributed by atoms with E-state index in [4.69, 9.17) is 5.11 Å². The van der Waals surface area contributed by atoms with Gasteiger partial charge in [0.15, 0.2) is 18.9 Å². The molecule has 0 saturated heterocycles. The Balaban J connectivity index is 0.000000300. The van der Waals surface area contributed by atoms with E-state index < -0.39 is 18.1 Å². The Labute approximate surface area is 161 Å². The summed E-state index contributed by atoms with van der Waals surface area (Å²) in [5, 5.41) is 11.7. The minimum absolute atomic E-state index is 0.117. The molecule has 0 amide bonds. The third-order valence-electron chi connectivity index (χ3n) is 3.43. The highest BCUT2D eigenvalue weighted by Gasteiger charge is 2.40. The summed E-state index contributed by atoms with van der Waals surface area (Å²) in [5.74, 6) is -2.96. The van der Waals surface area contributed by atoms with Crippen LogP contribution >= 0.6 is 11.3 Å². The van der Waals surface area contributed by atoms with Gasteiger partial charge in [-0.25, -0.2) is 19.3 Å². The number of carboxylic acid groups (broad SMARTS) is 1. The average molecular weight is 414 g/mol. The van der Waals surface area contributed by atoms with E-state index >= 15 is 0 Å². The van der Waals surface area contributed by atoms with E-state index in [0.717, 1.165) is 21.5 Å². The molecule has 0 bridgehead atoms. The third-order valence-corrected chi connectivity index (χ3v) is 4.25. The fourth-order valence-electron chi connectivity index (χ4n) is 2.12. The molecule has 0 aliphatic carbocycles. The Hall–Kier alpha value is -3.08. The van der Waals surface area contributed by atoms with Gasteiger partial charge in [-0.1, -0.05) is 0 Å². The van der Waals surface area contributed by atoms with Gasteiger partial charge in [-0.15, -0.1) is 11.3 Å². The Morgan fingerprint density at radius 3 is 2.43 bits per heavy atom. The van der Waals surface area contributed by atoms with Gasteiger partial charge in [0.05, 0.1) is 12.8 Å². The van der Waals surface area contributed by atoms with Crippen LogP contribution in [0.4, 0.5) is 13.2 Å². The van der Waals surface area contributed by atoms with Crippen LogP contribution in [0, 0.1) is 0 Å². The highest BCUT2D eigenvalue weighted by molar-refractivity contribution is 7.16. The normalized spacial score (nSPS) is 10.9. The molecule has 3 aromatic rings. The molecule has 0 saturated carbocycles. The van der Waals surface area contributed by atoms with Gasteiger partial charge in [0.2, 0.25) is 0 Å². The number of alkyl halides is 3. The zero-order chi connectivity index (χ0) is 20.7. The first-order chi connectivity index (χ1) is 13.2. The first-order valence-electron chi connectivity index (χ1n) is 7.77. The van der Waals surface area contributed by atoms with Crippen LogP contribution in [0.3, 0.4) is 0 Å². The maximum absolute atomic E-state index is 11.0. The number of esters is 1. The molecule has 7 nitrogen and oxygen atoms in total. The summed E-state index contributed by atoms with van der Waals surface area (Å²) in [6.45, 7) is 0.466. The lowest BCUT2D eigenvalue weighted by molar-refractivity contribution is -0.695. The quantitative estimate of drug-likeness (QED) is 0.521. The number of carbonyl (C=O) groups is 2. The molecule has 148 valence electrons. The van der Waals surface area contributed by atoms with E-state index in [2.05, 4.69) is 14.7 Å². The van der Waals surface area contributed by atoms with Gasteiger partial charge < -0.3 is 9.84 Å². The van der Waals surface area contributed by atoms with Gasteiger partial charge in [-0.2, -0.15) is 13.2 Å². The van der Waals surface area contributed by atoms with Crippen molar-refractivity contribution < 1.29 is 37.2 Å². The Morgan fingerprint density at radius 2 is 1.89 bits per heavy atom. The topological polar surface area (TPSA) is 93.3 Å². The average Bonchev–Trinajstić information content (AvgIpc) is 3.14. The van der Waals surface area contributed by atoms with Gasteiger partial charge >= 0.3 is 18.1 Å².